The maximum atomic E-state index is 11.2. The number of rotatable bonds is 3. The van der Waals surface area contributed by atoms with E-state index < -0.39 is 0 Å². The van der Waals surface area contributed by atoms with Gasteiger partial charge in [0.15, 0.2) is 0 Å². The van der Waals surface area contributed by atoms with Gasteiger partial charge in [-0.3, -0.25) is 0 Å². The van der Waals surface area contributed by atoms with Gasteiger partial charge in [0.25, 0.3) is 0 Å². The van der Waals surface area contributed by atoms with Crippen LogP contribution in [0.1, 0.15) is 44.1 Å². The lowest BCUT2D eigenvalue weighted by molar-refractivity contribution is -0.175. The van der Waals surface area contributed by atoms with Crippen molar-refractivity contribution < 1.29 is 5.11 Å². The van der Waals surface area contributed by atoms with E-state index in [1.54, 1.807) is 11.3 Å². The normalized spacial score (nSPS) is 45.6. The summed E-state index contributed by atoms with van der Waals surface area (Å²) in [6.45, 7) is 0. The van der Waals surface area contributed by atoms with Gasteiger partial charge in [-0.2, -0.15) is 11.3 Å². The highest BCUT2D eigenvalue weighted by atomic mass is 32.1. The van der Waals surface area contributed by atoms with Gasteiger partial charge in [0.1, 0.15) is 0 Å². The van der Waals surface area contributed by atoms with E-state index >= 15 is 0 Å². The molecule has 4 fully saturated rings. The van der Waals surface area contributed by atoms with E-state index in [2.05, 4.69) is 16.8 Å². The molecule has 18 heavy (non-hydrogen) atoms. The highest BCUT2D eigenvalue weighted by molar-refractivity contribution is 7.07. The second kappa shape index (κ2) is 4.08. The van der Waals surface area contributed by atoms with Crippen LogP contribution in [0, 0.1) is 23.7 Å². The van der Waals surface area contributed by atoms with Crippen LogP contribution in [-0.2, 0) is 6.42 Å². The molecule has 0 unspecified atom stereocenters. The van der Waals surface area contributed by atoms with E-state index in [1.807, 2.05) is 0 Å². The minimum atomic E-state index is -0.324. The monoisotopic (exact) mass is 262 g/mol. The van der Waals surface area contributed by atoms with Crippen molar-refractivity contribution in [3.05, 3.63) is 22.4 Å². The maximum absolute atomic E-state index is 11.2. The SMILES string of the molecule is OC1(CCc2ccsc2)C2CC3CC(C2)CC1C3. The van der Waals surface area contributed by atoms with Crippen LogP contribution in [0.15, 0.2) is 16.8 Å². The first-order valence-corrected chi connectivity index (χ1v) is 8.42. The van der Waals surface area contributed by atoms with Gasteiger partial charge >= 0.3 is 0 Å². The lowest BCUT2D eigenvalue weighted by Gasteiger charge is -2.59. The Hall–Kier alpha value is -0.340. The predicted molar refractivity (Wildman–Crippen MR) is 74.6 cm³/mol. The molecule has 98 valence electrons. The van der Waals surface area contributed by atoms with E-state index in [1.165, 1.54) is 37.7 Å². The second-order valence-corrected chi connectivity index (χ2v) is 7.71. The number of hydrogen-bond acceptors (Lipinski definition) is 2. The largest absolute Gasteiger partial charge is 0.389 e. The van der Waals surface area contributed by atoms with E-state index in [0.29, 0.717) is 11.8 Å². The molecule has 1 heterocycles. The number of aryl methyl sites for hydroxylation is 1. The average Bonchev–Trinajstić information content (AvgIpc) is 2.86. The standard InChI is InChI=1S/C16H22OS/c17-16(3-1-11-2-4-18-10-11)14-6-12-5-13(8-14)9-15(16)7-12/h2,4,10,12-15,17H,1,3,5-9H2. The molecule has 0 amide bonds. The first-order valence-electron chi connectivity index (χ1n) is 7.47. The summed E-state index contributed by atoms with van der Waals surface area (Å²) in [5.41, 5.74) is 1.09. The fourth-order valence-electron chi connectivity index (χ4n) is 5.19. The second-order valence-electron chi connectivity index (χ2n) is 6.93. The fraction of sp³-hybridized carbons (Fsp3) is 0.750. The third-order valence-corrected chi connectivity index (χ3v) is 6.68. The van der Waals surface area contributed by atoms with Crippen molar-refractivity contribution in [2.75, 3.05) is 0 Å². The molecule has 0 spiro atoms. The summed E-state index contributed by atoms with van der Waals surface area (Å²) in [6, 6.07) is 2.21. The smallest absolute Gasteiger partial charge is 0.0707 e. The summed E-state index contributed by atoms with van der Waals surface area (Å²) >= 11 is 1.77. The average molecular weight is 262 g/mol. The quantitative estimate of drug-likeness (QED) is 0.877. The summed E-state index contributed by atoms with van der Waals surface area (Å²) in [7, 11) is 0. The lowest BCUT2D eigenvalue weighted by atomic mass is 9.49. The first-order chi connectivity index (χ1) is 8.74. The minimum absolute atomic E-state index is 0.324. The summed E-state index contributed by atoms with van der Waals surface area (Å²) in [5.74, 6) is 3.14. The van der Waals surface area contributed by atoms with Crippen LogP contribution in [0.3, 0.4) is 0 Å². The molecular formula is C16H22OS. The molecule has 1 N–H and O–H groups in total. The van der Waals surface area contributed by atoms with Crippen LogP contribution in [0.4, 0.5) is 0 Å². The van der Waals surface area contributed by atoms with Crippen molar-refractivity contribution >= 4 is 11.3 Å². The predicted octanol–water partition coefficient (Wildman–Crippen LogP) is 3.87. The third-order valence-electron chi connectivity index (χ3n) is 5.95. The maximum Gasteiger partial charge on any atom is 0.0707 e. The Morgan fingerprint density at radius 1 is 1.11 bits per heavy atom. The molecule has 0 saturated heterocycles. The van der Waals surface area contributed by atoms with Crippen LogP contribution in [0.25, 0.3) is 0 Å². The number of hydrogen-bond donors (Lipinski definition) is 1. The zero-order valence-electron chi connectivity index (χ0n) is 10.8. The van der Waals surface area contributed by atoms with E-state index in [9.17, 15) is 5.11 Å². The van der Waals surface area contributed by atoms with Crippen molar-refractivity contribution in [2.24, 2.45) is 23.7 Å². The van der Waals surface area contributed by atoms with Gasteiger partial charge in [-0.15, -0.1) is 0 Å². The Kier molecular flexibility index (Phi) is 2.60. The van der Waals surface area contributed by atoms with Gasteiger partial charge in [-0.25, -0.2) is 0 Å². The topological polar surface area (TPSA) is 20.2 Å². The van der Waals surface area contributed by atoms with Gasteiger partial charge in [-0.1, -0.05) is 0 Å². The molecule has 1 nitrogen and oxygen atoms in total. The number of thiophene rings is 1. The molecular weight excluding hydrogens is 240 g/mol. The van der Waals surface area contributed by atoms with Crippen LogP contribution >= 0.6 is 11.3 Å². The Morgan fingerprint density at radius 3 is 2.33 bits per heavy atom. The van der Waals surface area contributed by atoms with Crippen LogP contribution in [0.2, 0.25) is 0 Å². The minimum Gasteiger partial charge on any atom is -0.389 e. The molecule has 1 aromatic rings. The summed E-state index contributed by atoms with van der Waals surface area (Å²) in [4.78, 5) is 0. The molecule has 0 aromatic carbocycles. The number of aliphatic hydroxyl groups is 1. The fourth-order valence-corrected chi connectivity index (χ4v) is 5.89. The van der Waals surface area contributed by atoms with E-state index in [-0.39, 0.29) is 5.60 Å². The Balaban J connectivity index is 1.52. The summed E-state index contributed by atoms with van der Waals surface area (Å²) in [5, 5.41) is 15.6. The van der Waals surface area contributed by atoms with E-state index in [0.717, 1.165) is 24.7 Å². The Labute approximate surface area is 113 Å². The highest BCUT2D eigenvalue weighted by Gasteiger charge is 2.55. The molecule has 0 aliphatic heterocycles. The van der Waals surface area contributed by atoms with Gasteiger partial charge in [-0.05, 0) is 91.0 Å². The summed E-state index contributed by atoms with van der Waals surface area (Å²) < 4.78 is 0. The van der Waals surface area contributed by atoms with Gasteiger partial charge in [0.2, 0.25) is 0 Å². The molecule has 4 bridgehead atoms. The van der Waals surface area contributed by atoms with Crippen molar-refractivity contribution in [3.63, 3.8) is 0 Å². The molecule has 5 rings (SSSR count). The molecule has 4 aliphatic rings. The van der Waals surface area contributed by atoms with Gasteiger partial charge in [0.05, 0.1) is 5.60 Å². The molecule has 2 heteroatoms. The van der Waals surface area contributed by atoms with Crippen LogP contribution in [0.5, 0.6) is 0 Å². The Morgan fingerprint density at radius 2 is 1.78 bits per heavy atom. The molecule has 4 aliphatic carbocycles. The van der Waals surface area contributed by atoms with Crippen LogP contribution < -0.4 is 0 Å². The zero-order valence-corrected chi connectivity index (χ0v) is 11.7. The molecule has 0 radical (unpaired) electrons. The van der Waals surface area contributed by atoms with Crippen LogP contribution in [-0.4, -0.2) is 10.7 Å². The molecule has 4 saturated carbocycles. The van der Waals surface area contributed by atoms with Crippen molar-refractivity contribution in [3.8, 4) is 0 Å². The van der Waals surface area contributed by atoms with Crippen molar-refractivity contribution in [1.82, 2.24) is 0 Å². The lowest BCUT2D eigenvalue weighted by Crippen LogP contribution is -2.57. The zero-order chi connectivity index (χ0) is 12.2. The molecule has 1 aromatic heterocycles. The van der Waals surface area contributed by atoms with Gasteiger partial charge < -0.3 is 5.11 Å². The third kappa shape index (κ3) is 1.69. The summed E-state index contributed by atoms with van der Waals surface area (Å²) in [6.07, 6.45) is 8.79. The molecule has 0 atom stereocenters. The van der Waals surface area contributed by atoms with Gasteiger partial charge in [0, 0.05) is 0 Å². The first kappa shape index (κ1) is 11.5. The van der Waals surface area contributed by atoms with Crippen molar-refractivity contribution in [2.45, 2.75) is 50.5 Å². The Bertz CT molecular complexity index is 394. The van der Waals surface area contributed by atoms with Crippen molar-refractivity contribution in [1.29, 1.82) is 0 Å². The highest BCUT2D eigenvalue weighted by Crippen LogP contribution is 2.59. The van der Waals surface area contributed by atoms with E-state index in [4.69, 9.17) is 0 Å².